The molecule has 0 radical (unpaired) electrons. The molecule has 0 aromatic rings. The first-order valence-electron chi connectivity index (χ1n) is 8.87. The molecule has 1 N–H and O–H groups in total. The molecule has 4 aliphatic rings. The maximum Gasteiger partial charge on any atom is 0.328 e. The normalized spacial score (nSPS) is 34.5. The van der Waals surface area contributed by atoms with Gasteiger partial charge in [0.1, 0.15) is 6.04 Å². The molecule has 0 aromatic carbocycles. The first-order valence-corrected chi connectivity index (χ1v) is 8.87. The lowest BCUT2D eigenvalue weighted by atomic mass is 9.49. The minimum atomic E-state index is -0.969. The van der Waals surface area contributed by atoms with E-state index >= 15 is 0 Å². The Morgan fingerprint density at radius 3 is 2.00 bits per heavy atom. The van der Waals surface area contributed by atoms with Crippen molar-refractivity contribution in [3.05, 3.63) is 0 Å². The van der Waals surface area contributed by atoms with Crippen LogP contribution < -0.4 is 5.32 Å². The van der Waals surface area contributed by atoms with Gasteiger partial charge >= 0.3 is 11.9 Å². The number of rotatable bonds is 6. The van der Waals surface area contributed by atoms with Crippen LogP contribution in [0.2, 0.25) is 0 Å². The van der Waals surface area contributed by atoms with Gasteiger partial charge in [0.25, 0.3) is 0 Å². The SMILES string of the molecule is COC(=O)CC(NC(=O)CC12CC3CC(CC(C3)C1)C2)C(=O)OC. The van der Waals surface area contributed by atoms with Crippen LogP contribution in [0.15, 0.2) is 0 Å². The van der Waals surface area contributed by atoms with E-state index in [1.54, 1.807) is 0 Å². The van der Waals surface area contributed by atoms with Crippen molar-refractivity contribution in [1.29, 1.82) is 0 Å². The van der Waals surface area contributed by atoms with Gasteiger partial charge in [0.15, 0.2) is 0 Å². The summed E-state index contributed by atoms with van der Waals surface area (Å²) in [7, 11) is 2.51. The Bertz CT molecular complexity index is 494. The average molecular weight is 337 g/mol. The van der Waals surface area contributed by atoms with E-state index in [9.17, 15) is 14.4 Å². The molecular formula is C18H27NO5. The number of esters is 2. The van der Waals surface area contributed by atoms with E-state index in [0.717, 1.165) is 37.0 Å². The number of nitrogens with one attached hydrogen (secondary N) is 1. The molecule has 0 aromatic heterocycles. The maximum atomic E-state index is 12.6. The molecule has 4 saturated carbocycles. The number of amides is 1. The van der Waals surface area contributed by atoms with Crippen LogP contribution in [-0.2, 0) is 23.9 Å². The second kappa shape index (κ2) is 6.73. The number of carbonyl (C=O) groups excluding carboxylic acids is 3. The number of hydrogen-bond acceptors (Lipinski definition) is 5. The quantitative estimate of drug-likeness (QED) is 0.748. The molecule has 24 heavy (non-hydrogen) atoms. The fourth-order valence-corrected chi connectivity index (χ4v) is 5.68. The predicted octanol–water partition coefficient (Wildman–Crippen LogP) is 1.81. The Labute approximate surface area is 142 Å². The molecule has 4 aliphatic carbocycles. The van der Waals surface area contributed by atoms with Gasteiger partial charge in [-0.3, -0.25) is 9.59 Å². The zero-order valence-electron chi connectivity index (χ0n) is 14.5. The molecule has 0 aliphatic heterocycles. The van der Waals surface area contributed by atoms with Crippen LogP contribution in [0.4, 0.5) is 0 Å². The summed E-state index contributed by atoms with van der Waals surface area (Å²) < 4.78 is 9.28. The van der Waals surface area contributed by atoms with Gasteiger partial charge in [-0.15, -0.1) is 0 Å². The van der Waals surface area contributed by atoms with Crippen LogP contribution in [0.25, 0.3) is 0 Å². The molecule has 1 atom stereocenters. The summed E-state index contributed by atoms with van der Waals surface area (Å²) in [5, 5.41) is 2.69. The smallest absolute Gasteiger partial charge is 0.328 e. The lowest BCUT2D eigenvalue weighted by Crippen LogP contribution is -2.50. The monoisotopic (exact) mass is 337 g/mol. The molecule has 4 fully saturated rings. The van der Waals surface area contributed by atoms with E-state index in [1.807, 2.05) is 0 Å². The Balaban J connectivity index is 1.61. The second-order valence-corrected chi connectivity index (χ2v) is 8.02. The van der Waals surface area contributed by atoms with Gasteiger partial charge < -0.3 is 14.8 Å². The van der Waals surface area contributed by atoms with Crippen LogP contribution >= 0.6 is 0 Å². The van der Waals surface area contributed by atoms with Gasteiger partial charge in [-0.2, -0.15) is 0 Å². The fraction of sp³-hybridized carbons (Fsp3) is 0.833. The van der Waals surface area contributed by atoms with Gasteiger partial charge in [-0.25, -0.2) is 4.79 Å². The van der Waals surface area contributed by atoms with E-state index < -0.39 is 18.0 Å². The summed E-state index contributed by atoms with van der Waals surface area (Å²) in [5.74, 6) is 1.01. The first-order chi connectivity index (χ1) is 11.4. The highest BCUT2D eigenvalue weighted by Crippen LogP contribution is 2.61. The Morgan fingerprint density at radius 1 is 1.00 bits per heavy atom. The van der Waals surface area contributed by atoms with Crippen molar-refractivity contribution >= 4 is 17.8 Å². The van der Waals surface area contributed by atoms with Crippen LogP contribution in [0.5, 0.6) is 0 Å². The molecule has 134 valence electrons. The second-order valence-electron chi connectivity index (χ2n) is 8.02. The zero-order chi connectivity index (χ0) is 17.3. The Hall–Kier alpha value is -1.59. The predicted molar refractivity (Wildman–Crippen MR) is 85.8 cm³/mol. The topological polar surface area (TPSA) is 81.7 Å². The van der Waals surface area contributed by atoms with Gasteiger partial charge in [-0.05, 0) is 61.7 Å². The molecular weight excluding hydrogens is 310 g/mol. The molecule has 4 rings (SSSR count). The molecule has 1 amide bonds. The zero-order valence-corrected chi connectivity index (χ0v) is 14.5. The van der Waals surface area contributed by atoms with Crippen LogP contribution in [0.1, 0.15) is 51.4 Å². The van der Waals surface area contributed by atoms with E-state index in [2.05, 4.69) is 10.1 Å². The highest BCUT2D eigenvalue weighted by atomic mass is 16.5. The van der Waals surface area contributed by atoms with Crippen LogP contribution in [-0.4, -0.2) is 38.1 Å². The van der Waals surface area contributed by atoms with Crippen molar-refractivity contribution in [2.24, 2.45) is 23.2 Å². The molecule has 0 spiro atoms. The summed E-state index contributed by atoms with van der Waals surface area (Å²) in [5.41, 5.74) is 0.102. The lowest BCUT2D eigenvalue weighted by Gasteiger charge is -2.56. The summed E-state index contributed by atoms with van der Waals surface area (Å²) in [6, 6.07) is -0.969. The van der Waals surface area contributed by atoms with Gasteiger partial charge in [-0.1, -0.05) is 0 Å². The van der Waals surface area contributed by atoms with E-state index in [0.29, 0.717) is 6.42 Å². The van der Waals surface area contributed by atoms with Gasteiger partial charge in [0.2, 0.25) is 5.91 Å². The minimum absolute atomic E-state index is 0.102. The number of methoxy groups -OCH3 is 2. The van der Waals surface area contributed by atoms with Crippen molar-refractivity contribution < 1.29 is 23.9 Å². The summed E-state index contributed by atoms with van der Waals surface area (Å²) in [6.07, 6.45) is 7.63. The number of ether oxygens (including phenoxy) is 2. The minimum Gasteiger partial charge on any atom is -0.469 e. The standard InChI is InChI=1S/C18H27NO5/c1-23-16(21)6-14(17(22)24-2)19-15(20)10-18-7-11-3-12(8-18)5-13(4-11)9-18/h11-14H,3-10H2,1-2H3,(H,19,20). The molecule has 1 unspecified atom stereocenters. The highest BCUT2D eigenvalue weighted by molar-refractivity contribution is 5.88. The fourth-order valence-electron chi connectivity index (χ4n) is 5.68. The van der Waals surface area contributed by atoms with Crippen LogP contribution in [0, 0.1) is 23.2 Å². The Morgan fingerprint density at radius 2 is 1.54 bits per heavy atom. The molecule has 6 heteroatoms. The number of carbonyl (C=O) groups is 3. The van der Waals surface area contributed by atoms with Gasteiger partial charge in [0.05, 0.1) is 20.6 Å². The van der Waals surface area contributed by atoms with Crippen molar-refractivity contribution in [2.75, 3.05) is 14.2 Å². The highest BCUT2D eigenvalue weighted by Gasteiger charge is 2.51. The van der Waals surface area contributed by atoms with Gasteiger partial charge in [0, 0.05) is 6.42 Å². The largest absolute Gasteiger partial charge is 0.469 e. The Kier molecular flexibility index (Phi) is 4.83. The third-order valence-electron chi connectivity index (χ3n) is 6.12. The summed E-state index contributed by atoms with van der Waals surface area (Å²) >= 11 is 0. The van der Waals surface area contributed by atoms with E-state index in [-0.39, 0.29) is 17.7 Å². The average Bonchev–Trinajstić information content (AvgIpc) is 2.51. The maximum absolute atomic E-state index is 12.6. The summed E-state index contributed by atoms with van der Waals surface area (Å²) in [6.45, 7) is 0. The van der Waals surface area contributed by atoms with E-state index in [4.69, 9.17) is 4.74 Å². The molecule has 6 nitrogen and oxygen atoms in total. The lowest BCUT2D eigenvalue weighted by molar-refractivity contribution is -0.151. The van der Waals surface area contributed by atoms with Crippen molar-refractivity contribution in [3.63, 3.8) is 0 Å². The third-order valence-corrected chi connectivity index (χ3v) is 6.12. The van der Waals surface area contributed by atoms with Crippen LogP contribution in [0.3, 0.4) is 0 Å². The van der Waals surface area contributed by atoms with E-state index in [1.165, 1.54) is 33.5 Å². The first kappa shape index (κ1) is 17.2. The third kappa shape index (κ3) is 3.57. The number of hydrogen-bond donors (Lipinski definition) is 1. The molecule has 0 heterocycles. The molecule has 4 bridgehead atoms. The summed E-state index contributed by atoms with van der Waals surface area (Å²) in [4.78, 5) is 35.8. The van der Waals surface area contributed by atoms with Crippen molar-refractivity contribution in [2.45, 2.75) is 57.4 Å². The molecule has 0 saturated heterocycles. The van der Waals surface area contributed by atoms with Crippen molar-refractivity contribution in [3.8, 4) is 0 Å². The van der Waals surface area contributed by atoms with Crippen molar-refractivity contribution in [1.82, 2.24) is 5.32 Å².